The number of hydrogen-bond acceptors (Lipinski definition) is 6. The minimum absolute atomic E-state index is 0.0221. The molecule has 1 aromatic heterocycles. The second kappa shape index (κ2) is 6.91. The van der Waals surface area contributed by atoms with Crippen LogP contribution in [0.3, 0.4) is 0 Å². The normalized spacial score (nSPS) is 10.0. The van der Waals surface area contributed by atoms with Crippen molar-refractivity contribution >= 4 is 21.8 Å². The fraction of sp³-hybridized carbons (Fsp3) is 0.231. The summed E-state index contributed by atoms with van der Waals surface area (Å²) in [6.07, 6.45) is 0. The molecule has 3 N–H and O–H groups in total. The quantitative estimate of drug-likeness (QED) is 0.800. The van der Waals surface area contributed by atoms with Crippen LogP contribution >= 0.6 is 15.9 Å². The van der Waals surface area contributed by atoms with E-state index in [2.05, 4.69) is 31.3 Å². The summed E-state index contributed by atoms with van der Waals surface area (Å²) in [6, 6.07) is 5.17. The minimum Gasteiger partial charge on any atom is -0.490 e. The van der Waals surface area contributed by atoms with Crippen LogP contribution in [-0.2, 0) is 0 Å². The first kappa shape index (κ1) is 15.8. The van der Waals surface area contributed by atoms with E-state index in [9.17, 15) is 4.79 Å². The number of rotatable bonds is 6. The molecule has 0 aliphatic carbocycles. The summed E-state index contributed by atoms with van der Waals surface area (Å²) in [5.41, 5.74) is 6.16. The molecule has 1 amide bonds. The van der Waals surface area contributed by atoms with Gasteiger partial charge in [0.15, 0.2) is 23.8 Å². The van der Waals surface area contributed by atoms with E-state index in [0.29, 0.717) is 33.8 Å². The molecule has 0 saturated carbocycles. The lowest BCUT2D eigenvalue weighted by molar-refractivity contribution is 0.0996. The van der Waals surface area contributed by atoms with Gasteiger partial charge in [-0.25, -0.2) is 0 Å². The SMILES string of the molecule is CCOc1cc(-c2n[nH]nc2C(N)=O)c(Br)cc1OCC#N. The van der Waals surface area contributed by atoms with E-state index in [4.69, 9.17) is 20.5 Å². The van der Waals surface area contributed by atoms with Crippen LogP contribution in [0.1, 0.15) is 17.4 Å². The van der Waals surface area contributed by atoms with E-state index in [1.165, 1.54) is 0 Å². The lowest BCUT2D eigenvalue weighted by atomic mass is 10.1. The van der Waals surface area contributed by atoms with Crippen molar-refractivity contribution in [2.24, 2.45) is 5.73 Å². The Hall–Kier alpha value is -2.60. The number of carbonyl (C=O) groups excluding carboxylic acids is 1. The Morgan fingerprint density at radius 3 is 2.77 bits per heavy atom. The number of primary amides is 1. The van der Waals surface area contributed by atoms with Crippen molar-refractivity contribution in [2.45, 2.75) is 6.92 Å². The number of nitrogens with one attached hydrogen (secondary N) is 1. The van der Waals surface area contributed by atoms with Gasteiger partial charge in [0.05, 0.1) is 6.61 Å². The summed E-state index contributed by atoms with van der Waals surface area (Å²) in [5, 5.41) is 18.7. The predicted molar refractivity (Wildman–Crippen MR) is 80.3 cm³/mol. The molecule has 8 nitrogen and oxygen atoms in total. The van der Waals surface area contributed by atoms with Gasteiger partial charge in [0.2, 0.25) is 0 Å². The van der Waals surface area contributed by atoms with Gasteiger partial charge in [-0.1, -0.05) is 0 Å². The lowest BCUT2D eigenvalue weighted by Crippen LogP contribution is -2.13. The smallest absolute Gasteiger partial charge is 0.271 e. The molecule has 2 rings (SSSR count). The molecule has 0 atom stereocenters. The third-order valence-corrected chi connectivity index (χ3v) is 3.32. The third kappa shape index (κ3) is 3.17. The van der Waals surface area contributed by atoms with E-state index in [1.807, 2.05) is 13.0 Å². The highest BCUT2D eigenvalue weighted by Crippen LogP contribution is 2.38. The van der Waals surface area contributed by atoms with Gasteiger partial charge >= 0.3 is 0 Å². The molecule has 0 unspecified atom stereocenters. The molecule has 0 aliphatic heterocycles. The summed E-state index contributed by atoms with van der Waals surface area (Å²) in [6.45, 7) is 2.12. The van der Waals surface area contributed by atoms with Crippen molar-refractivity contribution in [3.8, 4) is 28.8 Å². The number of ether oxygens (including phenoxy) is 2. The topological polar surface area (TPSA) is 127 Å². The number of halogens is 1. The van der Waals surface area contributed by atoms with Crippen molar-refractivity contribution in [3.05, 3.63) is 22.3 Å². The Morgan fingerprint density at radius 1 is 1.41 bits per heavy atom. The number of nitrogens with two attached hydrogens (primary N) is 1. The maximum absolute atomic E-state index is 11.4. The van der Waals surface area contributed by atoms with Crippen LogP contribution in [0.15, 0.2) is 16.6 Å². The Labute approximate surface area is 134 Å². The average molecular weight is 366 g/mol. The standard InChI is InChI=1S/C13H12BrN5O3/c1-2-21-9-5-7(8(14)6-10(9)22-4-3-15)11-12(13(16)20)18-19-17-11/h5-6H,2,4H2,1H3,(H2,16,20)(H,17,18,19). The number of nitriles is 1. The van der Waals surface area contributed by atoms with E-state index in [-0.39, 0.29) is 12.3 Å². The molecule has 9 heteroatoms. The van der Waals surface area contributed by atoms with E-state index < -0.39 is 5.91 Å². The van der Waals surface area contributed by atoms with Gasteiger partial charge in [0.1, 0.15) is 11.8 Å². The molecule has 0 spiro atoms. The van der Waals surface area contributed by atoms with Crippen LogP contribution < -0.4 is 15.2 Å². The first-order valence-corrected chi connectivity index (χ1v) is 7.04. The summed E-state index contributed by atoms with van der Waals surface area (Å²) in [7, 11) is 0. The van der Waals surface area contributed by atoms with Crippen LogP contribution in [0.2, 0.25) is 0 Å². The Bertz CT molecular complexity index is 738. The molecule has 1 heterocycles. The molecule has 0 radical (unpaired) electrons. The Kier molecular flexibility index (Phi) is 4.95. The molecule has 0 fully saturated rings. The third-order valence-electron chi connectivity index (χ3n) is 2.66. The molecule has 2 aromatic rings. The number of nitrogens with zero attached hydrogens (tertiary/aromatic N) is 3. The summed E-state index contributed by atoms with van der Waals surface area (Å²) >= 11 is 3.38. The molecule has 0 saturated heterocycles. The fourth-order valence-corrected chi connectivity index (χ4v) is 2.31. The highest BCUT2D eigenvalue weighted by atomic mass is 79.9. The summed E-state index contributed by atoms with van der Waals surface area (Å²) in [5.74, 6) is 0.135. The van der Waals surface area contributed by atoms with Crippen molar-refractivity contribution in [3.63, 3.8) is 0 Å². The van der Waals surface area contributed by atoms with Crippen LogP contribution in [0.5, 0.6) is 11.5 Å². The molecular weight excluding hydrogens is 354 g/mol. The van der Waals surface area contributed by atoms with Gasteiger partial charge < -0.3 is 15.2 Å². The second-order valence-electron chi connectivity index (χ2n) is 4.04. The molecular formula is C13H12BrN5O3. The zero-order valence-corrected chi connectivity index (χ0v) is 13.2. The zero-order valence-electron chi connectivity index (χ0n) is 11.6. The van der Waals surface area contributed by atoms with E-state index >= 15 is 0 Å². The lowest BCUT2D eigenvalue weighted by Gasteiger charge is -2.13. The number of benzene rings is 1. The largest absolute Gasteiger partial charge is 0.490 e. The Morgan fingerprint density at radius 2 is 2.14 bits per heavy atom. The van der Waals surface area contributed by atoms with Crippen molar-refractivity contribution in [1.82, 2.24) is 15.4 Å². The number of H-pyrrole nitrogens is 1. The van der Waals surface area contributed by atoms with Crippen molar-refractivity contribution in [2.75, 3.05) is 13.2 Å². The maximum Gasteiger partial charge on any atom is 0.271 e. The minimum atomic E-state index is -0.696. The second-order valence-corrected chi connectivity index (χ2v) is 4.90. The predicted octanol–water partition coefficient (Wildman–Crippen LogP) is 1.63. The highest BCUT2D eigenvalue weighted by molar-refractivity contribution is 9.10. The van der Waals surface area contributed by atoms with Gasteiger partial charge in [0, 0.05) is 10.0 Å². The van der Waals surface area contributed by atoms with E-state index in [1.54, 1.807) is 12.1 Å². The number of amides is 1. The molecule has 0 aliphatic rings. The van der Waals surface area contributed by atoms with E-state index in [0.717, 1.165) is 0 Å². The average Bonchev–Trinajstić information content (AvgIpc) is 2.96. The highest BCUT2D eigenvalue weighted by Gasteiger charge is 2.20. The van der Waals surface area contributed by atoms with Gasteiger partial charge in [0.25, 0.3) is 5.91 Å². The van der Waals surface area contributed by atoms with Gasteiger partial charge in [-0.2, -0.15) is 20.7 Å². The van der Waals surface area contributed by atoms with Crippen LogP contribution in [-0.4, -0.2) is 34.5 Å². The number of aromatic nitrogens is 3. The molecule has 22 heavy (non-hydrogen) atoms. The Balaban J connectivity index is 2.53. The number of aromatic amines is 1. The molecule has 114 valence electrons. The fourth-order valence-electron chi connectivity index (χ4n) is 1.80. The monoisotopic (exact) mass is 365 g/mol. The maximum atomic E-state index is 11.4. The van der Waals surface area contributed by atoms with Crippen LogP contribution in [0, 0.1) is 11.3 Å². The molecule has 1 aromatic carbocycles. The van der Waals surface area contributed by atoms with Crippen molar-refractivity contribution in [1.29, 1.82) is 5.26 Å². The zero-order chi connectivity index (χ0) is 16.1. The van der Waals surface area contributed by atoms with Gasteiger partial charge in [-0.3, -0.25) is 4.79 Å². The first-order chi connectivity index (χ1) is 10.6. The number of carbonyl (C=O) groups is 1. The first-order valence-electron chi connectivity index (χ1n) is 6.25. The summed E-state index contributed by atoms with van der Waals surface area (Å²) in [4.78, 5) is 11.4. The molecule has 0 bridgehead atoms. The van der Waals surface area contributed by atoms with Crippen LogP contribution in [0.4, 0.5) is 0 Å². The van der Waals surface area contributed by atoms with Crippen LogP contribution in [0.25, 0.3) is 11.3 Å². The van der Waals surface area contributed by atoms with Gasteiger partial charge in [-0.05, 0) is 35.0 Å². The summed E-state index contributed by atoms with van der Waals surface area (Å²) < 4.78 is 11.4. The van der Waals surface area contributed by atoms with Gasteiger partial charge in [-0.15, -0.1) is 0 Å². The number of hydrogen-bond donors (Lipinski definition) is 2. The van der Waals surface area contributed by atoms with Crippen molar-refractivity contribution < 1.29 is 14.3 Å².